The van der Waals surface area contributed by atoms with Gasteiger partial charge >= 0.3 is 0 Å². The Morgan fingerprint density at radius 2 is 1.57 bits per heavy atom. The third-order valence-corrected chi connectivity index (χ3v) is 4.21. The second-order valence-corrected chi connectivity index (χ2v) is 6.70. The molecule has 0 heterocycles. The minimum absolute atomic E-state index is 0.131. The zero-order valence-corrected chi connectivity index (χ0v) is 17.5. The van der Waals surface area contributed by atoms with Gasteiger partial charge in [0.15, 0.2) is 17.6 Å². The van der Waals surface area contributed by atoms with E-state index in [0.29, 0.717) is 37.7 Å². The summed E-state index contributed by atoms with van der Waals surface area (Å²) >= 11 is 0. The van der Waals surface area contributed by atoms with Gasteiger partial charge in [-0.3, -0.25) is 4.79 Å². The molecule has 5 heteroatoms. The smallest absolute Gasteiger partial charge is 0.261 e. The molecule has 0 saturated heterocycles. The number of nitrogens with one attached hydrogen (secondary N) is 1. The lowest BCUT2D eigenvalue weighted by atomic mass is 10.1. The van der Waals surface area contributed by atoms with Gasteiger partial charge in [0.2, 0.25) is 0 Å². The molecule has 2 aromatic rings. The highest BCUT2D eigenvalue weighted by Gasteiger charge is 2.18. The first kappa shape index (κ1) is 21.6. The van der Waals surface area contributed by atoms with Crippen LogP contribution in [0.15, 0.2) is 36.4 Å². The number of amides is 1. The lowest BCUT2D eigenvalue weighted by Gasteiger charge is -2.18. The Kier molecular flexibility index (Phi) is 8.18. The number of hydrogen-bond donors (Lipinski definition) is 1. The lowest BCUT2D eigenvalue weighted by molar-refractivity contribution is -0.128. The van der Waals surface area contributed by atoms with Crippen molar-refractivity contribution in [2.24, 2.45) is 0 Å². The quantitative estimate of drug-likeness (QED) is 0.651. The van der Waals surface area contributed by atoms with Gasteiger partial charge in [0.25, 0.3) is 5.91 Å². The molecule has 5 nitrogen and oxygen atoms in total. The standard InChI is InChI=1S/C23H31NO4/c1-6-20(28-19-12-16(4)11-17(5)13-19)23(25)24-15-18-9-10-21(26-7-2)22(14-18)27-8-3/h9-14,20H,6-8,15H2,1-5H3,(H,24,25)/t20-/m0/s1. The van der Waals surface area contributed by atoms with Crippen molar-refractivity contribution < 1.29 is 19.0 Å². The minimum atomic E-state index is -0.532. The molecule has 28 heavy (non-hydrogen) atoms. The van der Waals surface area contributed by atoms with Gasteiger partial charge < -0.3 is 19.5 Å². The van der Waals surface area contributed by atoms with E-state index in [1.165, 1.54) is 0 Å². The van der Waals surface area contributed by atoms with Crippen LogP contribution in [-0.4, -0.2) is 25.2 Å². The van der Waals surface area contributed by atoms with Crippen molar-refractivity contribution in [3.8, 4) is 17.2 Å². The fourth-order valence-corrected chi connectivity index (χ4v) is 3.00. The topological polar surface area (TPSA) is 56.8 Å². The van der Waals surface area contributed by atoms with E-state index in [9.17, 15) is 4.79 Å². The monoisotopic (exact) mass is 385 g/mol. The predicted molar refractivity (Wildman–Crippen MR) is 111 cm³/mol. The lowest BCUT2D eigenvalue weighted by Crippen LogP contribution is -2.37. The molecule has 2 rings (SSSR count). The van der Waals surface area contributed by atoms with E-state index in [1.807, 2.05) is 65.0 Å². The molecule has 0 spiro atoms. The minimum Gasteiger partial charge on any atom is -0.490 e. The molecule has 0 bridgehead atoms. The summed E-state index contributed by atoms with van der Waals surface area (Å²) in [5.74, 6) is 1.99. The maximum absolute atomic E-state index is 12.6. The maximum atomic E-state index is 12.6. The van der Waals surface area contributed by atoms with Gasteiger partial charge in [-0.1, -0.05) is 19.1 Å². The first-order valence-electron chi connectivity index (χ1n) is 9.87. The Balaban J connectivity index is 2.01. The van der Waals surface area contributed by atoms with Crippen molar-refractivity contribution in [3.63, 3.8) is 0 Å². The summed E-state index contributed by atoms with van der Waals surface area (Å²) in [6.45, 7) is 11.4. The summed E-state index contributed by atoms with van der Waals surface area (Å²) in [4.78, 5) is 12.6. The molecule has 2 aromatic carbocycles. The van der Waals surface area contributed by atoms with Gasteiger partial charge in [0.05, 0.1) is 13.2 Å². The SMILES string of the molecule is CCOc1ccc(CNC(=O)[C@H](CC)Oc2cc(C)cc(C)c2)cc1OCC. The molecule has 0 aromatic heterocycles. The molecule has 152 valence electrons. The average molecular weight is 386 g/mol. The van der Waals surface area contributed by atoms with E-state index in [0.717, 1.165) is 22.4 Å². The van der Waals surface area contributed by atoms with Gasteiger partial charge in [-0.15, -0.1) is 0 Å². The molecule has 0 aliphatic heterocycles. The molecule has 1 N–H and O–H groups in total. The van der Waals surface area contributed by atoms with Gasteiger partial charge in [-0.05, 0) is 75.1 Å². The van der Waals surface area contributed by atoms with Crippen LogP contribution in [0.3, 0.4) is 0 Å². The Labute approximate surface area is 168 Å². The number of carbonyl (C=O) groups excluding carboxylic acids is 1. The van der Waals surface area contributed by atoms with Gasteiger partial charge in [-0.25, -0.2) is 0 Å². The van der Waals surface area contributed by atoms with Crippen LogP contribution in [0, 0.1) is 13.8 Å². The predicted octanol–water partition coefficient (Wildman–Crippen LogP) is 4.57. The van der Waals surface area contributed by atoms with Crippen LogP contribution in [0.4, 0.5) is 0 Å². The van der Waals surface area contributed by atoms with Crippen LogP contribution in [-0.2, 0) is 11.3 Å². The molecule has 0 radical (unpaired) electrons. The summed E-state index contributed by atoms with van der Waals surface area (Å²) in [6, 6.07) is 11.7. The zero-order valence-electron chi connectivity index (χ0n) is 17.5. The van der Waals surface area contributed by atoms with Crippen LogP contribution < -0.4 is 19.5 Å². The highest BCUT2D eigenvalue weighted by molar-refractivity contribution is 5.81. The third kappa shape index (κ3) is 6.19. The molecule has 0 unspecified atom stereocenters. The van der Waals surface area contributed by atoms with E-state index in [1.54, 1.807) is 0 Å². The van der Waals surface area contributed by atoms with E-state index in [-0.39, 0.29) is 5.91 Å². The Morgan fingerprint density at radius 3 is 2.18 bits per heavy atom. The van der Waals surface area contributed by atoms with Gasteiger partial charge in [0.1, 0.15) is 5.75 Å². The second kappa shape index (κ2) is 10.6. The third-order valence-electron chi connectivity index (χ3n) is 4.21. The molecular formula is C23H31NO4. The molecular weight excluding hydrogens is 354 g/mol. The van der Waals surface area contributed by atoms with E-state index in [2.05, 4.69) is 11.4 Å². The number of benzene rings is 2. The number of carbonyl (C=O) groups is 1. The van der Waals surface area contributed by atoms with E-state index >= 15 is 0 Å². The number of ether oxygens (including phenoxy) is 3. The summed E-state index contributed by atoms with van der Waals surface area (Å²) < 4.78 is 17.2. The largest absolute Gasteiger partial charge is 0.490 e. The van der Waals surface area contributed by atoms with Gasteiger partial charge in [0, 0.05) is 6.54 Å². The van der Waals surface area contributed by atoms with E-state index < -0.39 is 6.10 Å². The summed E-state index contributed by atoms with van der Waals surface area (Å²) in [5, 5.41) is 2.96. The molecule has 0 aliphatic carbocycles. The van der Waals surface area contributed by atoms with Crippen molar-refractivity contribution in [1.82, 2.24) is 5.32 Å². The van der Waals surface area contributed by atoms with Crippen molar-refractivity contribution in [1.29, 1.82) is 0 Å². The van der Waals surface area contributed by atoms with Crippen molar-refractivity contribution in [2.45, 2.75) is 53.7 Å². The first-order valence-corrected chi connectivity index (χ1v) is 9.87. The van der Waals surface area contributed by atoms with Crippen LogP contribution in [0.1, 0.15) is 43.9 Å². The summed E-state index contributed by atoms with van der Waals surface area (Å²) in [6.07, 6.45) is 0.0574. The fourth-order valence-electron chi connectivity index (χ4n) is 3.00. The fraction of sp³-hybridized carbons (Fsp3) is 0.435. The summed E-state index contributed by atoms with van der Waals surface area (Å²) in [7, 11) is 0. The number of aryl methyl sites for hydroxylation is 2. The van der Waals surface area contributed by atoms with Crippen molar-refractivity contribution in [3.05, 3.63) is 53.1 Å². The second-order valence-electron chi connectivity index (χ2n) is 6.70. The first-order chi connectivity index (χ1) is 13.5. The number of hydrogen-bond acceptors (Lipinski definition) is 4. The van der Waals surface area contributed by atoms with Crippen LogP contribution >= 0.6 is 0 Å². The molecule has 1 amide bonds. The van der Waals surface area contributed by atoms with Crippen LogP contribution in [0.2, 0.25) is 0 Å². The normalized spacial score (nSPS) is 11.6. The van der Waals surface area contributed by atoms with Crippen molar-refractivity contribution in [2.75, 3.05) is 13.2 Å². The average Bonchev–Trinajstić information content (AvgIpc) is 2.65. The summed E-state index contributed by atoms with van der Waals surface area (Å²) in [5.41, 5.74) is 3.17. The molecule has 1 atom stereocenters. The molecule has 0 fully saturated rings. The Bertz CT molecular complexity index is 768. The van der Waals surface area contributed by atoms with Crippen LogP contribution in [0.5, 0.6) is 17.2 Å². The number of rotatable bonds is 10. The van der Waals surface area contributed by atoms with Gasteiger partial charge in [-0.2, -0.15) is 0 Å². The molecule has 0 saturated carbocycles. The molecule has 0 aliphatic rings. The van der Waals surface area contributed by atoms with Crippen LogP contribution in [0.25, 0.3) is 0 Å². The maximum Gasteiger partial charge on any atom is 0.261 e. The zero-order chi connectivity index (χ0) is 20.5. The Morgan fingerprint density at radius 1 is 0.929 bits per heavy atom. The highest BCUT2D eigenvalue weighted by atomic mass is 16.5. The Hall–Kier alpha value is -2.69. The van der Waals surface area contributed by atoms with E-state index in [4.69, 9.17) is 14.2 Å². The highest BCUT2D eigenvalue weighted by Crippen LogP contribution is 2.28. The van der Waals surface area contributed by atoms with Crippen molar-refractivity contribution >= 4 is 5.91 Å².